The van der Waals surface area contributed by atoms with Gasteiger partial charge in [0.05, 0.1) is 28.8 Å². The first kappa shape index (κ1) is 22.2. The molecule has 36 heavy (non-hydrogen) atoms. The largest absolute Gasteiger partial charge is 0.382 e. The van der Waals surface area contributed by atoms with Crippen LogP contribution >= 0.6 is 0 Å². The Labute approximate surface area is 209 Å². The lowest BCUT2D eigenvalue weighted by Crippen LogP contribution is -2.25. The van der Waals surface area contributed by atoms with E-state index in [1.54, 1.807) is 6.20 Å². The third-order valence-electron chi connectivity index (χ3n) is 6.42. The molecule has 0 unspecified atom stereocenters. The van der Waals surface area contributed by atoms with Crippen LogP contribution in [0, 0.1) is 5.92 Å². The van der Waals surface area contributed by atoms with Gasteiger partial charge in [-0.25, -0.2) is 9.50 Å². The topological polar surface area (TPSA) is 84.2 Å². The molecule has 0 saturated heterocycles. The maximum absolute atomic E-state index is 12.4. The molecule has 3 aromatic heterocycles. The zero-order chi connectivity index (χ0) is 24.6. The van der Waals surface area contributed by atoms with E-state index in [1.165, 1.54) is 0 Å². The molecule has 2 aromatic carbocycles. The Morgan fingerprint density at radius 3 is 2.61 bits per heavy atom. The number of hydrogen-bond donors (Lipinski definition) is 2. The zero-order valence-corrected chi connectivity index (χ0v) is 20.4. The van der Waals surface area contributed by atoms with Crippen molar-refractivity contribution >= 4 is 28.1 Å². The first-order valence-electron chi connectivity index (χ1n) is 12.4. The number of aromatic nitrogens is 4. The predicted octanol–water partition coefficient (Wildman–Crippen LogP) is 5.57. The van der Waals surface area contributed by atoms with Gasteiger partial charge in [0.1, 0.15) is 0 Å². The molecule has 1 saturated carbocycles. The van der Waals surface area contributed by atoms with Crippen LogP contribution in [0.15, 0.2) is 73.1 Å². The number of rotatable bonds is 7. The van der Waals surface area contributed by atoms with E-state index in [1.807, 2.05) is 47.1 Å². The van der Waals surface area contributed by atoms with Crippen molar-refractivity contribution in [2.24, 2.45) is 5.92 Å². The van der Waals surface area contributed by atoms with Crippen molar-refractivity contribution in [2.75, 3.05) is 11.9 Å². The van der Waals surface area contributed by atoms with E-state index in [9.17, 15) is 4.79 Å². The lowest BCUT2D eigenvalue weighted by molar-refractivity contribution is 0.0951. The standard InChI is InChI=1S/C29H28N6O/c1-18(2)16-31-26-15-25(22-9-12-24-21(14-22)4-3-13-30-24)34-35-27(17-32-28(26)35)19-5-7-20(8-6-19)29(36)33-23-10-11-23/h3-9,12-15,17-18,23,31H,10-11,16H2,1-2H3,(H,33,36). The fraction of sp³-hybridized carbons (Fsp3) is 0.241. The van der Waals surface area contributed by atoms with E-state index in [2.05, 4.69) is 53.7 Å². The summed E-state index contributed by atoms with van der Waals surface area (Å²) in [4.78, 5) is 21.6. The van der Waals surface area contributed by atoms with Crippen LogP contribution in [0.3, 0.4) is 0 Å². The molecular weight excluding hydrogens is 448 g/mol. The molecule has 1 aliphatic rings. The number of fused-ring (bicyclic) bond motifs is 2. The summed E-state index contributed by atoms with van der Waals surface area (Å²) < 4.78 is 1.89. The van der Waals surface area contributed by atoms with Crippen molar-refractivity contribution in [2.45, 2.75) is 32.7 Å². The molecule has 7 heteroatoms. The first-order chi connectivity index (χ1) is 17.5. The maximum atomic E-state index is 12.4. The molecule has 180 valence electrons. The molecule has 5 aromatic rings. The van der Waals surface area contributed by atoms with Gasteiger partial charge in [-0.3, -0.25) is 9.78 Å². The maximum Gasteiger partial charge on any atom is 0.251 e. The average Bonchev–Trinajstić information content (AvgIpc) is 3.61. The molecular formula is C29H28N6O. The summed E-state index contributed by atoms with van der Waals surface area (Å²) in [6, 6.07) is 20.3. The second-order valence-electron chi connectivity index (χ2n) is 9.83. The summed E-state index contributed by atoms with van der Waals surface area (Å²) in [5, 5.41) is 12.7. The van der Waals surface area contributed by atoms with Crippen LogP contribution < -0.4 is 10.6 Å². The van der Waals surface area contributed by atoms with Gasteiger partial charge in [0.25, 0.3) is 5.91 Å². The molecule has 7 nitrogen and oxygen atoms in total. The molecule has 3 heterocycles. The van der Waals surface area contributed by atoms with Crippen LogP contribution in [-0.4, -0.2) is 38.1 Å². The van der Waals surface area contributed by atoms with Crippen molar-refractivity contribution < 1.29 is 4.79 Å². The summed E-state index contributed by atoms with van der Waals surface area (Å²) in [6.45, 7) is 5.19. The normalized spacial score (nSPS) is 13.4. The van der Waals surface area contributed by atoms with E-state index in [0.29, 0.717) is 17.5 Å². The number of amides is 1. The highest BCUT2D eigenvalue weighted by atomic mass is 16.1. The van der Waals surface area contributed by atoms with Crippen molar-refractivity contribution in [1.29, 1.82) is 0 Å². The van der Waals surface area contributed by atoms with Crippen LogP contribution in [0.2, 0.25) is 0 Å². The predicted molar refractivity (Wildman–Crippen MR) is 143 cm³/mol. The molecule has 0 atom stereocenters. The van der Waals surface area contributed by atoms with Gasteiger partial charge >= 0.3 is 0 Å². The molecule has 2 N–H and O–H groups in total. The monoisotopic (exact) mass is 476 g/mol. The molecule has 0 bridgehead atoms. The smallest absolute Gasteiger partial charge is 0.251 e. The van der Waals surface area contributed by atoms with Crippen molar-refractivity contribution in [3.63, 3.8) is 0 Å². The zero-order valence-electron chi connectivity index (χ0n) is 20.4. The summed E-state index contributed by atoms with van der Waals surface area (Å²) in [5.41, 5.74) is 7.01. The molecule has 0 aliphatic heterocycles. The third-order valence-corrected chi connectivity index (χ3v) is 6.42. The van der Waals surface area contributed by atoms with Gasteiger partial charge in [0.2, 0.25) is 0 Å². The van der Waals surface area contributed by atoms with E-state index in [4.69, 9.17) is 10.1 Å². The fourth-order valence-corrected chi connectivity index (χ4v) is 4.27. The molecule has 6 rings (SSSR count). The summed E-state index contributed by atoms with van der Waals surface area (Å²) in [6.07, 6.45) is 5.79. The van der Waals surface area contributed by atoms with Crippen LogP contribution in [-0.2, 0) is 0 Å². The molecule has 0 radical (unpaired) electrons. The first-order valence-corrected chi connectivity index (χ1v) is 12.4. The Hall–Kier alpha value is -4.26. The lowest BCUT2D eigenvalue weighted by atomic mass is 10.1. The number of nitrogens with one attached hydrogen (secondary N) is 2. The van der Waals surface area contributed by atoms with Gasteiger partial charge in [0.15, 0.2) is 5.65 Å². The van der Waals surface area contributed by atoms with Crippen LogP contribution in [0.25, 0.3) is 39.1 Å². The summed E-state index contributed by atoms with van der Waals surface area (Å²) in [5.74, 6) is 0.464. The number of imidazole rings is 1. The number of anilines is 1. The SMILES string of the molecule is CC(C)CNc1cc(-c2ccc3ncccc3c2)nn2c(-c3ccc(C(=O)NC4CC4)cc3)cnc12. The second-order valence-corrected chi connectivity index (χ2v) is 9.83. The second kappa shape index (κ2) is 9.07. The minimum Gasteiger partial charge on any atom is -0.382 e. The van der Waals surface area contributed by atoms with Crippen LogP contribution in [0.1, 0.15) is 37.0 Å². The molecule has 1 aliphatic carbocycles. The Balaban J connectivity index is 1.42. The minimum absolute atomic E-state index is 0.0198. The number of nitrogens with zero attached hydrogens (tertiary/aromatic N) is 4. The molecule has 1 amide bonds. The number of pyridine rings is 1. The van der Waals surface area contributed by atoms with Gasteiger partial charge in [-0.1, -0.05) is 38.1 Å². The number of benzene rings is 2. The van der Waals surface area contributed by atoms with E-state index >= 15 is 0 Å². The highest BCUT2D eigenvalue weighted by Crippen LogP contribution is 2.30. The quantitative estimate of drug-likeness (QED) is 0.321. The summed E-state index contributed by atoms with van der Waals surface area (Å²) >= 11 is 0. The minimum atomic E-state index is -0.0198. The number of carbonyl (C=O) groups is 1. The van der Waals surface area contributed by atoms with Gasteiger partial charge < -0.3 is 10.6 Å². The van der Waals surface area contributed by atoms with Crippen LogP contribution in [0.5, 0.6) is 0 Å². The van der Waals surface area contributed by atoms with Gasteiger partial charge in [0, 0.05) is 40.9 Å². The Bertz CT molecular complexity index is 1570. The Morgan fingerprint density at radius 1 is 1.03 bits per heavy atom. The van der Waals surface area contributed by atoms with Gasteiger partial charge in [-0.15, -0.1) is 0 Å². The van der Waals surface area contributed by atoms with Crippen molar-refractivity contribution in [1.82, 2.24) is 24.9 Å². The highest BCUT2D eigenvalue weighted by molar-refractivity contribution is 5.95. The van der Waals surface area contributed by atoms with Gasteiger partial charge in [-0.2, -0.15) is 5.10 Å². The van der Waals surface area contributed by atoms with Crippen LogP contribution in [0.4, 0.5) is 5.69 Å². The number of carbonyl (C=O) groups excluding carboxylic acids is 1. The van der Waals surface area contributed by atoms with Gasteiger partial charge in [-0.05, 0) is 55.2 Å². The fourth-order valence-electron chi connectivity index (χ4n) is 4.27. The number of hydrogen-bond acceptors (Lipinski definition) is 5. The molecule has 1 fully saturated rings. The Morgan fingerprint density at radius 2 is 1.83 bits per heavy atom. The summed E-state index contributed by atoms with van der Waals surface area (Å²) in [7, 11) is 0. The van der Waals surface area contributed by atoms with E-state index in [0.717, 1.165) is 64.1 Å². The third kappa shape index (κ3) is 4.40. The molecule has 0 spiro atoms. The Kier molecular flexibility index (Phi) is 5.60. The highest BCUT2D eigenvalue weighted by Gasteiger charge is 2.24. The average molecular weight is 477 g/mol. The van der Waals surface area contributed by atoms with Crippen molar-refractivity contribution in [3.8, 4) is 22.5 Å². The van der Waals surface area contributed by atoms with E-state index < -0.39 is 0 Å². The van der Waals surface area contributed by atoms with E-state index in [-0.39, 0.29) is 5.91 Å². The van der Waals surface area contributed by atoms with Crippen molar-refractivity contribution in [3.05, 3.63) is 78.6 Å². The lowest BCUT2D eigenvalue weighted by Gasteiger charge is -2.13.